The average molecular weight is 256 g/mol. The van der Waals surface area contributed by atoms with Crippen molar-refractivity contribution in [2.45, 2.75) is 69.9 Å². The summed E-state index contributed by atoms with van der Waals surface area (Å²) in [5.41, 5.74) is -0.536. The van der Waals surface area contributed by atoms with Crippen molar-refractivity contribution in [2.24, 2.45) is 0 Å². The van der Waals surface area contributed by atoms with Gasteiger partial charge in [0.05, 0.1) is 12.7 Å². The standard InChI is InChI=1S/C13H20O5/c1-11(2)15-7-13(18-11)5-8(14)10-9(6-13)16-12(3,4)17-10/h9-10H,5-7H2,1-4H3/t9-,10+,13-/m1/s1. The van der Waals surface area contributed by atoms with E-state index in [2.05, 4.69) is 0 Å². The molecule has 0 unspecified atom stereocenters. The number of Topliss-reactive ketones (excluding diaryl/α,β-unsaturated/α-hetero) is 1. The molecule has 0 aromatic heterocycles. The number of carbonyl (C=O) groups is 1. The maximum absolute atomic E-state index is 12.2. The Morgan fingerprint density at radius 2 is 1.83 bits per heavy atom. The number of ether oxygens (including phenoxy) is 4. The molecule has 3 aliphatic rings. The van der Waals surface area contributed by atoms with Gasteiger partial charge >= 0.3 is 0 Å². The predicted molar refractivity (Wildman–Crippen MR) is 61.9 cm³/mol. The van der Waals surface area contributed by atoms with Gasteiger partial charge in [-0.25, -0.2) is 0 Å². The highest BCUT2D eigenvalue weighted by Crippen LogP contribution is 2.45. The Morgan fingerprint density at radius 1 is 1.11 bits per heavy atom. The lowest BCUT2D eigenvalue weighted by Gasteiger charge is -2.36. The van der Waals surface area contributed by atoms with Crippen molar-refractivity contribution in [1.29, 1.82) is 0 Å². The second-order valence-electron chi connectivity index (χ2n) is 6.42. The van der Waals surface area contributed by atoms with Gasteiger partial charge in [-0.2, -0.15) is 0 Å². The van der Waals surface area contributed by atoms with Crippen molar-refractivity contribution < 1.29 is 23.7 Å². The highest BCUT2D eigenvalue weighted by molar-refractivity contribution is 5.86. The molecule has 2 saturated heterocycles. The van der Waals surface area contributed by atoms with E-state index in [-0.39, 0.29) is 11.9 Å². The van der Waals surface area contributed by atoms with Gasteiger partial charge in [0.15, 0.2) is 17.4 Å². The highest BCUT2D eigenvalue weighted by Gasteiger charge is 2.58. The minimum atomic E-state index is -0.689. The second kappa shape index (κ2) is 3.54. The molecule has 0 N–H and O–H groups in total. The molecule has 102 valence electrons. The SMILES string of the molecule is CC1(C)O[C@@H]2C[C@@]3(COC(C)(C)O3)CC(=O)[C@@H]2O1. The molecule has 3 atom stereocenters. The van der Waals surface area contributed by atoms with E-state index in [1.807, 2.05) is 27.7 Å². The number of carbonyl (C=O) groups excluding carboxylic acids is 1. The van der Waals surface area contributed by atoms with Crippen molar-refractivity contribution in [3.05, 3.63) is 0 Å². The number of hydrogen-bond acceptors (Lipinski definition) is 5. The Morgan fingerprint density at radius 3 is 2.44 bits per heavy atom. The summed E-state index contributed by atoms with van der Waals surface area (Å²) in [7, 11) is 0. The third-order valence-electron chi connectivity index (χ3n) is 3.72. The maximum Gasteiger partial charge on any atom is 0.167 e. The summed E-state index contributed by atoms with van der Waals surface area (Å²) in [6.07, 6.45) is 0.324. The molecule has 2 aliphatic heterocycles. The lowest BCUT2D eigenvalue weighted by molar-refractivity contribution is -0.179. The molecular weight excluding hydrogens is 236 g/mol. The fourth-order valence-corrected chi connectivity index (χ4v) is 3.19. The topological polar surface area (TPSA) is 54.0 Å². The quantitative estimate of drug-likeness (QED) is 0.655. The number of hydrogen-bond donors (Lipinski definition) is 0. The minimum Gasteiger partial charge on any atom is -0.347 e. The van der Waals surface area contributed by atoms with Crippen LogP contribution in [0.15, 0.2) is 0 Å². The molecule has 0 amide bonds. The minimum absolute atomic E-state index is 0.0538. The Balaban J connectivity index is 1.81. The lowest BCUT2D eigenvalue weighted by atomic mass is 9.81. The lowest BCUT2D eigenvalue weighted by Crippen LogP contribution is -2.51. The smallest absolute Gasteiger partial charge is 0.167 e. The molecule has 3 fully saturated rings. The number of ketones is 1. The molecule has 2 heterocycles. The fraction of sp³-hybridized carbons (Fsp3) is 0.923. The summed E-state index contributed by atoms with van der Waals surface area (Å²) in [6.45, 7) is 7.85. The fourth-order valence-electron chi connectivity index (χ4n) is 3.19. The molecule has 1 spiro atoms. The first-order valence-electron chi connectivity index (χ1n) is 6.43. The largest absolute Gasteiger partial charge is 0.347 e. The molecule has 1 aliphatic carbocycles. The van der Waals surface area contributed by atoms with Crippen LogP contribution in [0, 0.1) is 0 Å². The maximum atomic E-state index is 12.2. The van der Waals surface area contributed by atoms with Gasteiger partial charge in [-0.05, 0) is 27.7 Å². The van der Waals surface area contributed by atoms with Crippen molar-refractivity contribution in [1.82, 2.24) is 0 Å². The molecule has 5 nitrogen and oxygen atoms in total. The van der Waals surface area contributed by atoms with Gasteiger partial charge in [0.25, 0.3) is 0 Å². The third kappa shape index (κ3) is 1.99. The normalized spacial score (nSPS) is 45.4. The zero-order valence-electron chi connectivity index (χ0n) is 11.3. The van der Waals surface area contributed by atoms with Crippen molar-refractivity contribution in [3.8, 4) is 0 Å². The molecule has 1 saturated carbocycles. The van der Waals surface area contributed by atoms with Crippen LogP contribution in [-0.2, 0) is 23.7 Å². The van der Waals surface area contributed by atoms with Crippen LogP contribution in [0.1, 0.15) is 40.5 Å². The molecule has 3 rings (SSSR count). The van der Waals surface area contributed by atoms with Gasteiger partial charge in [-0.15, -0.1) is 0 Å². The van der Waals surface area contributed by atoms with E-state index in [0.29, 0.717) is 19.4 Å². The van der Waals surface area contributed by atoms with Gasteiger partial charge in [-0.1, -0.05) is 0 Å². The summed E-state index contributed by atoms with van der Waals surface area (Å²) >= 11 is 0. The highest BCUT2D eigenvalue weighted by atomic mass is 16.8. The summed E-state index contributed by atoms with van der Waals surface area (Å²) in [5, 5.41) is 0. The molecule has 0 aromatic rings. The Bertz CT molecular complexity index is 389. The van der Waals surface area contributed by atoms with E-state index in [0.717, 1.165) is 0 Å². The van der Waals surface area contributed by atoms with Crippen molar-refractivity contribution in [3.63, 3.8) is 0 Å². The van der Waals surface area contributed by atoms with Crippen LogP contribution in [0.25, 0.3) is 0 Å². The van der Waals surface area contributed by atoms with Crippen LogP contribution < -0.4 is 0 Å². The van der Waals surface area contributed by atoms with E-state index >= 15 is 0 Å². The number of rotatable bonds is 0. The van der Waals surface area contributed by atoms with Crippen LogP contribution >= 0.6 is 0 Å². The van der Waals surface area contributed by atoms with Gasteiger partial charge in [0.1, 0.15) is 11.7 Å². The molecule has 18 heavy (non-hydrogen) atoms. The third-order valence-corrected chi connectivity index (χ3v) is 3.72. The molecular formula is C13H20O5. The van der Waals surface area contributed by atoms with Crippen LogP contribution in [0.2, 0.25) is 0 Å². The van der Waals surface area contributed by atoms with E-state index in [1.165, 1.54) is 0 Å². The molecule has 0 radical (unpaired) electrons. The average Bonchev–Trinajstić information content (AvgIpc) is 2.64. The van der Waals surface area contributed by atoms with Crippen LogP contribution in [0.3, 0.4) is 0 Å². The van der Waals surface area contributed by atoms with Crippen LogP contribution in [0.5, 0.6) is 0 Å². The summed E-state index contributed by atoms with van der Waals surface area (Å²) in [6, 6.07) is 0. The monoisotopic (exact) mass is 256 g/mol. The van der Waals surface area contributed by atoms with E-state index in [4.69, 9.17) is 18.9 Å². The first-order chi connectivity index (χ1) is 8.21. The summed E-state index contributed by atoms with van der Waals surface area (Å²) < 4.78 is 23.0. The molecule has 0 bridgehead atoms. The Kier molecular flexibility index (Phi) is 2.46. The zero-order valence-corrected chi connectivity index (χ0v) is 11.3. The first-order valence-corrected chi connectivity index (χ1v) is 6.43. The van der Waals surface area contributed by atoms with Crippen LogP contribution in [-0.4, -0.2) is 41.8 Å². The van der Waals surface area contributed by atoms with Gasteiger partial charge < -0.3 is 18.9 Å². The predicted octanol–water partition coefficient (Wildman–Crippen LogP) is 1.39. The van der Waals surface area contributed by atoms with Gasteiger partial charge in [0, 0.05) is 12.8 Å². The van der Waals surface area contributed by atoms with Crippen LogP contribution in [0.4, 0.5) is 0 Å². The summed E-state index contributed by atoms with van der Waals surface area (Å²) in [4.78, 5) is 12.2. The summed E-state index contributed by atoms with van der Waals surface area (Å²) in [5.74, 6) is -1.26. The van der Waals surface area contributed by atoms with E-state index in [1.54, 1.807) is 0 Å². The van der Waals surface area contributed by atoms with Gasteiger partial charge in [0.2, 0.25) is 0 Å². The van der Waals surface area contributed by atoms with E-state index < -0.39 is 23.3 Å². The Hall–Kier alpha value is -0.490. The van der Waals surface area contributed by atoms with Crippen molar-refractivity contribution in [2.75, 3.05) is 6.61 Å². The number of fused-ring (bicyclic) bond motifs is 1. The second-order valence-corrected chi connectivity index (χ2v) is 6.42. The molecule has 0 aromatic carbocycles. The van der Waals surface area contributed by atoms with E-state index in [9.17, 15) is 4.79 Å². The van der Waals surface area contributed by atoms with Crippen molar-refractivity contribution >= 4 is 5.78 Å². The zero-order chi connectivity index (χ0) is 13.2. The Labute approximate surface area is 107 Å². The molecule has 5 heteroatoms. The first kappa shape index (κ1) is 12.5. The van der Waals surface area contributed by atoms with Gasteiger partial charge in [-0.3, -0.25) is 4.79 Å².